The number of aryl methyl sites for hydroxylation is 1. The summed E-state index contributed by atoms with van der Waals surface area (Å²) in [6.45, 7) is 1.79. The lowest BCUT2D eigenvalue weighted by atomic mass is 10.1. The molecule has 1 aromatic rings. The number of likely N-dealkylation sites (tertiary alicyclic amines) is 1. The van der Waals surface area contributed by atoms with Crippen LogP contribution in [0, 0.1) is 0 Å². The van der Waals surface area contributed by atoms with Gasteiger partial charge in [0.1, 0.15) is 0 Å². The van der Waals surface area contributed by atoms with Crippen LogP contribution in [0.2, 0.25) is 8.67 Å². The first kappa shape index (κ1) is 16.1. The van der Waals surface area contributed by atoms with Crippen LogP contribution in [0.15, 0.2) is 6.07 Å². The molecular formula is C14H20Cl2N2OS. The van der Waals surface area contributed by atoms with Gasteiger partial charge in [0.15, 0.2) is 0 Å². The summed E-state index contributed by atoms with van der Waals surface area (Å²) in [7, 11) is 1.93. The third-order valence-electron chi connectivity index (χ3n) is 3.70. The van der Waals surface area contributed by atoms with Gasteiger partial charge in [-0.15, -0.1) is 11.3 Å². The Kier molecular flexibility index (Phi) is 6.15. The number of nitrogens with zero attached hydrogens (tertiary/aromatic N) is 1. The van der Waals surface area contributed by atoms with Gasteiger partial charge in [-0.25, -0.2) is 0 Å². The zero-order chi connectivity index (χ0) is 14.5. The van der Waals surface area contributed by atoms with Crippen molar-refractivity contribution in [1.29, 1.82) is 0 Å². The molecule has 0 aromatic carbocycles. The molecule has 0 saturated carbocycles. The third kappa shape index (κ3) is 4.10. The highest BCUT2D eigenvalue weighted by Crippen LogP contribution is 2.32. The lowest BCUT2D eigenvalue weighted by Gasteiger charge is -2.24. The van der Waals surface area contributed by atoms with Gasteiger partial charge in [-0.05, 0) is 44.4 Å². The molecule has 1 N–H and O–H groups in total. The molecule has 0 aliphatic carbocycles. The maximum Gasteiger partial charge on any atom is 0.222 e. The van der Waals surface area contributed by atoms with Gasteiger partial charge in [0.25, 0.3) is 0 Å². The maximum absolute atomic E-state index is 12.3. The molecule has 1 aromatic heterocycles. The Balaban J connectivity index is 1.79. The number of halogens is 2. The van der Waals surface area contributed by atoms with Gasteiger partial charge in [0.05, 0.1) is 8.67 Å². The molecule has 0 bridgehead atoms. The van der Waals surface area contributed by atoms with Crippen molar-refractivity contribution in [2.24, 2.45) is 0 Å². The molecule has 3 nitrogen and oxygen atoms in total. The summed E-state index contributed by atoms with van der Waals surface area (Å²) in [4.78, 5) is 14.3. The average Bonchev–Trinajstić information content (AvgIpc) is 2.97. The molecule has 2 heterocycles. The number of carbonyl (C=O) groups excluding carboxylic acids is 1. The van der Waals surface area contributed by atoms with E-state index in [1.807, 2.05) is 18.0 Å². The van der Waals surface area contributed by atoms with Crippen LogP contribution < -0.4 is 5.32 Å². The SMILES string of the molecule is CNCC1CCCN1C(=O)CCCc1cc(Cl)sc1Cl. The van der Waals surface area contributed by atoms with E-state index < -0.39 is 0 Å². The average molecular weight is 335 g/mol. The monoisotopic (exact) mass is 334 g/mol. The Morgan fingerprint density at radius 2 is 2.35 bits per heavy atom. The van der Waals surface area contributed by atoms with Crippen molar-refractivity contribution in [1.82, 2.24) is 10.2 Å². The van der Waals surface area contributed by atoms with Crippen molar-refractivity contribution < 1.29 is 4.79 Å². The minimum atomic E-state index is 0.264. The summed E-state index contributed by atoms with van der Waals surface area (Å²) in [5.41, 5.74) is 1.06. The van der Waals surface area contributed by atoms with Crippen LogP contribution in [0.25, 0.3) is 0 Å². The molecular weight excluding hydrogens is 315 g/mol. The highest BCUT2D eigenvalue weighted by atomic mass is 35.5. The highest BCUT2D eigenvalue weighted by Gasteiger charge is 2.27. The summed E-state index contributed by atoms with van der Waals surface area (Å²) >= 11 is 13.4. The van der Waals surface area contributed by atoms with E-state index in [1.54, 1.807) is 0 Å². The highest BCUT2D eigenvalue weighted by molar-refractivity contribution is 7.20. The molecule has 1 atom stereocenters. The first-order valence-electron chi connectivity index (χ1n) is 6.99. The minimum absolute atomic E-state index is 0.264. The number of thiophene rings is 1. The molecule has 20 heavy (non-hydrogen) atoms. The molecule has 1 aliphatic rings. The first-order valence-corrected chi connectivity index (χ1v) is 8.57. The number of rotatable bonds is 6. The van der Waals surface area contributed by atoms with Crippen LogP contribution in [0.1, 0.15) is 31.2 Å². The van der Waals surface area contributed by atoms with Gasteiger partial charge in [-0.2, -0.15) is 0 Å². The van der Waals surface area contributed by atoms with Crippen molar-refractivity contribution in [2.45, 2.75) is 38.1 Å². The Morgan fingerprint density at radius 3 is 3.00 bits per heavy atom. The normalized spacial score (nSPS) is 18.8. The van der Waals surface area contributed by atoms with Crippen LogP contribution in [0.4, 0.5) is 0 Å². The molecule has 2 rings (SSSR count). The lowest BCUT2D eigenvalue weighted by Crippen LogP contribution is -2.40. The molecule has 1 amide bonds. The number of likely N-dealkylation sites (N-methyl/N-ethyl adjacent to an activating group) is 1. The van der Waals surface area contributed by atoms with E-state index in [0.29, 0.717) is 16.8 Å². The van der Waals surface area contributed by atoms with E-state index in [2.05, 4.69) is 5.32 Å². The van der Waals surface area contributed by atoms with Crippen molar-refractivity contribution in [2.75, 3.05) is 20.1 Å². The molecule has 1 unspecified atom stereocenters. The Morgan fingerprint density at radius 1 is 1.55 bits per heavy atom. The lowest BCUT2D eigenvalue weighted by molar-refractivity contribution is -0.132. The van der Waals surface area contributed by atoms with E-state index in [-0.39, 0.29) is 5.91 Å². The van der Waals surface area contributed by atoms with Crippen molar-refractivity contribution in [3.63, 3.8) is 0 Å². The second-order valence-corrected chi connectivity index (χ2v) is 7.43. The molecule has 1 saturated heterocycles. The smallest absolute Gasteiger partial charge is 0.222 e. The van der Waals surface area contributed by atoms with E-state index in [4.69, 9.17) is 23.2 Å². The second kappa shape index (κ2) is 7.64. The van der Waals surface area contributed by atoms with Gasteiger partial charge >= 0.3 is 0 Å². The number of nitrogens with one attached hydrogen (secondary N) is 1. The summed E-state index contributed by atoms with van der Waals surface area (Å²) in [6, 6.07) is 2.27. The Bertz CT molecular complexity index is 464. The van der Waals surface area contributed by atoms with Crippen LogP contribution >= 0.6 is 34.5 Å². The van der Waals surface area contributed by atoms with Gasteiger partial charge in [0, 0.05) is 25.6 Å². The van der Waals surface area contributed by atoms with Crippen LogP contribution in [0.3, 0.4) is 0 Å². The van der Waals surface area contributed by atoms with Crippen LogP contribution in [0.5, 0.6) is 0 Å². The van der Waals surface area contributed by atoms with E-state index in [9.17, 15) is 4.79 Å². The number of hydrogen-bond donors (Lipinski definition) is 1. The summed E-state index contributed by atoms with van der Waals surface area (Å²) in [6.07, 6.45) is 4.46. The molecule has 0 radical (unpaired) electrons. The maximum atomic E-state index is 12.3. The van der Waals surface area contributed by atoms with Crippen molar-refractivity contribution in [3.05, 3.63) is 20.3 Å². The zero-order valence-corrected chi connectivity index (χ0v) is 14.0. The molecule has 112 valence electrons. The van der Waals surface area contributed by atoms with Gasteiger partial charge in [-0.1, -0.05) is 23.2 Å². The third-order valence-corrected chi connectivity index (χ3v) is 5.27. The Labute approximate surface area is 134 Å². The van der Waals surface area contributed by atoms with Gasteiger partial charge < -0.3 is 10.2 Å². The van der Waals surface area contributed by atoms with Gasteiger partial charge in [-0.3, -0.25) is 4.79 Å². The number of amides is 1. The summed E-state index contributed by atoms with van der Waals surface area (Å²) in [5, 5.41) is 3.16. The number of carbonyl (C=O) groups is 1. The predicted octanol–water partition coefficient (Wildman–Crippen LogP) is 3.59. The van der Waals surface area contributed by atoms with E-state index in [0.717, 1.165) is 48.7 Å². The first-order chi connectivity index (χ1) is 9.61. The minimum Gasteiger partial charge on any atom is -0.338 e. The topological polar surface area (TPSA) is 32.3 Å². The zero-order valence-electron chi connectivity index (χ0n) is 11.6. The van der Waals surface area contributed by atoms with E-state index in [1.165, 1.54) is 11.3 Å². The molecule has 1 aliphatic heterocycles. The predicted molar refractivity (Wildman–Crippen MR) is 85.9 cm³/mol. The fourth-order valence-corrected chi connectivity index (χ4v) is 4.27. The quantitative estimate of drug-likeness (QED) is 0.862. The summed E-state index contributed by atoms with van der Waals surface area (Å²) in [5.74, 6) is 0.264. The standard InChI is InChI=1S/C14H20Cl2N2OS/c1-17-9-11-5-3-7-18(11)13(19)6-2-4-10-8-12(15)20-14(10)16/h8,11,17H,2-7,9H2,1H3. The number of hydrogen-bond acceptors (Lipinski definition) is 3. The Hall–Kier alpha value is -0.290. The second-order valence-electron chi connectivity index (χ2n) is 5.14. The van der Waals surface area contributed by atoms with Crippen molar-refractivity contribution in [3.8, 4) is 0 Å². The fourth-order valence-electron chi connectivity index (χ4n) is 2.73. The molecule has 0 spiro atoms. The van der Waals surface area contributed by atoms with Crippen LogP contribution in [-0.2, 0) is 11.2 Å². The molecule has 1 fully saturated rings. The van der Waals surface area contributed by atoms with Crippen LogP contribution in [-0.4, -0.2) is 37.0 Å². The van der Waals surface area contributed by atoms with E-state index >= 15 is 0 Å². The largest absolute Gasteiger partial charge is 0.338 e. The summed E-state index contributed by atoms with van der Waals surface area (Å²) < 4.78 is 1.46. The molecule has 6 heteroatoms. The van der Waals surface area contributed by atoms with Gasteiger partial charge in [0.2, 0.25) is 5.91 Å². The van der Waals surface area contributed by atoms with Crippen molar-refractivity contribution >= 4 is 40.4 Å². The fraction of sp³-hybridized carbons (Fsp3) is 0.643.